The first kappa shape index (κ1) is 23.0. The molecule has 0 spiro atoms. The number of aryl methyl sites for hydroxylation is 1. The van der Waals surface area contributed by atoms with Crippen LogP contribution in [0.25, 0.3) is 0 Å². The van der Waals surface area contributed by atoms with Gasteiger partial charge in [-0.15, -0.1) is 0 Å². The topological polar surface area (TPSA) is 9.23 Å². The van der Waals surface area contributed by atoms with E-state index in [-0.39, 0.29) is 0 Å². The quantitative estimate of drug-likeness (QED) is 0.217. The lowest BCUT2D eigenvalue weighted by molar-refractivity contribution is 0.306. The molecule has 0 aliphatic heterocycles. The summed E-state index contributed by atoms with van der Waals surface area (Å²) in [5.74, 6) is 1.98. The fraction of sp³-hybridized carbons (Fsp3) is 0.704. The highest BCUT2D eigenvalue weighted by atomic mass is 16.5. The van der Waals surface area contributed by atoms with Crippen LogP contribution in [-0.4, -0.2) is 6.61 Å². The van der Waals surface area contributed by atoms with Crippen molar-refractivity contribution in [1.82, 2.24) is 0 Å². The second kappa shape index (κ2) is 14.7. The average molecular weight is 385 g/mol. The summed E-state index contributed by atoms with van der Waals surface area (Å²) < 4.78 is 5.82. The van der Waals surface area contributed by atoms with Crippen LogP contribution < -0.4 is 4.74 Å². The summed E-state index contributed by atoms with van der Waals surface area (Å²) in [6, 6.07) is 8.79. The van der Waals surface area contributed by atoms with E-state index in [1.54, 1.807) is 5.57 Å². The number of ether oxygens (including phenoxy) is 1. The lowest BCUT2D eigenvalue weighted by Gasteiger charge is -2.22. The second-order valence-electron chi connectivity index (χ2n) is 8.76. The van der Waals surface area contributed by atoms with Gasteiger partial charge in [-0.05, 0) is 62.1 Å². The summed E-state index contributed by atoms with van der Waals surface area (Å²) in [4.78, 5) is 0. The zero-order valence-electron chi connectivity index (χ0n) is 18.7. The predicted molar refractivity (Wildman–Crippen MR) is 123 cm³/mol. The highest BCUT2D eigenvalue weighted by Gasteiger charge is 2.14. The first-order valence-electron chi connectivity index (χ1n) is 12.2. The van der Waals surface area contributed by atoms with Gasteiger partial charge in [0.1, 0.15) is 5.75 Å². The number of allylic oxidation sites excluding steroid dienone is 2. The molecule has 0 saturated heterocycles. The summed E-state index contributed by atoms with van der Waals surface area (Å²) in [5, 5.41) is 0. The maximum absolute atomic E-state index is 5.82. The van der Waals surface area contributed by atoms with Gasteiger partial charge < -0.3 is 4.74 Å². The van der Waals surface area contributed by atoms with Gasteiger partial charge in [0.05, 0.1) is 6.61 Å². The van der Waals surface area contributed by atoms with Crippen LogP contribution >= 0.6 is 0 Å². The molecule has 0 aromatic heterocycles. The smallest absolute Gasteiger partial charge is 0.119 e. The van der Waals surface area contributed by atoms with Gasteiger partial charge in [0, 0.05) is 0 Å². The molecule has 158 valence electrons. The third kappa shape index (κ3) is 9.80. The van der Waals surface area contributed by atoms with Crippen LogP contribution in [0.3, 0.4) is 0 Å². The molecule has 1 nitrogen and oxygen atoms in total. The van der Waals surface area contributed by atoms with Crippen molar-refractivity contribution in [2.75, 3.05) is 6.61 Å². The molecule has 2 rings (SSSR count). The Morgan fingerprint density at radius 2 is 1.54 bits per heavy atom. The minimum absolute atomic E-state index is 0.847. The minimum atomic E-state index is 0.847. The lowest BCUT2D eigenvalue weighted by atomic mass is 9.84. The van der Waals surface area contributed by atoms with E-state index in [1.807, 2.05) is 0 Å². The van der Waals surface area contributed by atoms with Gasteiger partial charge in [-0.25, -0.2) is 0 Å². The van der Waals surface area contributed by atoms with E-state index in [4.69, 9.17) is 4.74 Å². The molecule has 0 radical (unpaired) electrons. The highest BCUT2D eigenvalue weighted by Crippen LogP contribution is 2.30. The van der Waals surface area contributed by atoms with Crippen molar-refractivity contribution >= 4 is 0 Å². The standard InChI is InChI=1S/C27H44O/c1-3-5-7-8-9-10-12-24-13-15-25(16-14-24)17-18-26-19-21-27(22-20-26)28-23-11-6-4-2/h15,19-22,24H,3-14,16-18,23H2,1-2H3. The molecule has 1 aromatic rings. The maximum atomic E-state index is 5.82. The van der Waals surface area contributed by atoms with Crippen LogP contribution in [0.1, 0.15) is 109 Å². The lowest BCUT2D eigenvalue weighted by Crippen LogP contribution is -2.06. The monoisotopic (exact) mass is 384 g/mol. The van der Waals surface area contributed by atoms with E-state index in [9.17, 15) is 0 Å². The predicted octanol–water partition coefficient (Wildman–Crippen LogP) is 8.67. The third-order valence-electron chi connectivity index (χ3n) is 6.25. The van der Waals surface area contributed by atoms with Crippen LogP contribution in [-0.2, 0) is 6.42 Å². The van der Waals surface area contributed by atoms with Gasteiger partial charge in [0.25, 0.3) is 0 Å². The van der Waals surface area contributed by atoms with Gasteiger partial charge in [-0.1, -0.05) is 95.4 Å². The number of rotatable bonds is 15. The normalized spacial score (nSPS) is 16.8. The first-order valence-corrected chi connectivity index (χ1v) is 12.2. The molecule has 0 saturated carbocycles. The van der Waals surface area contributed by atoms with Crippen molar-refractivity contribution in [2.45, 2.75) is 110 Å². The molecule has 1 heteroatoms. The summed E-state index contributed by atoms with van der Waals surface area (Å²) in [6.45, 7) is 5.37. The number of hydrogen-bond acceptors (Lipinski definition) is 1. The highest BCUT2D eigenvalue weighted by molar-refractivity contribution is 5.28. The largest absolute Gasteiger partial charge is 0.494 e. The van der Waals surface area contributed by atoms with E-state index in [1.165, 1.54) is 95.5 Å². The molecular formula is C27H44O. The number of benzene rings is 1. The molecule has 1 aromatic carbocycles. The Kier molecular flexibility index (Phi) is 12.1. The molecule has 0 heterocycles. The van der Waals surface area contributed by atoms with E-state index in [0.29, 0.717) is 0 Å². The summed E-state index contributed by atoms with van der Waals surface area (Å²) in [6.07, 6.45) is 22.7. The molecule has 1 aliphatic carbocycles. The van der Waals surface area contributed by atoms with Crippen molar-refractivity contribution in [3.8, 4) is 5.75 Å². The zero-order chi connectivity index (χ0) is 19.9. The van der Waals surface area contributed by atoms with Crippen molar-refractivity contribution in [2.24, 2.45) is 5.92 Å². The fourth-order valence-electron chi connectivity index (χ4n) is 4.24. The average Bonchev–Trinajstić information content (AvgIpc) is 2.74. The summed E-state index contributed by atoms with van der Waals surface area (Å²) >= 11 is 0. The van der Waals surface area contributed by atoms with Crippen molar-refractivity contribution in [3.63, 3.8) is 0 Å². The Bertz CT molecular complexity index is 528. The molecule has 0 bridgehead atoms. The van der Waals surface area contributed by atoms with Crippen LogP contribution in [0, 0.1) is 5.92 Å². The Balaban J connectivity index is 1.58. The molecule has 1 aliphatic rings. The maximum Gasteiger partial charge on any atom is 0.119 e. The van der Waals surface area contributed by atoms with Crippen LogP contribution in [0.5, 0.6) is 5.75 Å². The van der Waals surface area contributed by atoms with E-state index in [2.05, 4.69) is 44.2 Å². The Labute approximate surface area is 175 Å². The van der Waals surface area contributed by atoms with Crippen LogP contribution in [0.2, 0.25) is 0 Å². The van der Waals surface area contributed by atoms with E-state index < -0.39 is 0 Å². The number of hydrogen-bond donors (Lipinski definition) is 0. The van der Waals surface area contributed by atoms with Crippen molar-refractivity contribution in [3.05, 3.63) is 41.5 Å². The molecule has 1 unspecified atom stereocenters. The van der Waals surface area contributed by atoms with Gasteiger partial charge >= 0.3 is 0 Å². The molecule has 0 amide bonds. The minimum Gasteiger partial charge on any atom is -0.494 e. The van der Waals surface area contributed by atoms with E-state index in [0.717, 1.165) is 24.7 Å². The summed E-state index contributed by atoms with van der Waals surface area (Å²) in [7, 11) is 0. The van der Waals surface area contributed by atoms with E-state index >= 15 is 0 Å². The Hall–Kier alpha value is -1.24. The van der Waals surface area contributed by atoms with Gasteiger partial charge in [0.2, 0.25) is 0 Å². The molecular weight excluding hydrogens is 340 g/mol. The molecule has 1 atom stereocenters. The fourth-order valence-corrected chi connectivity index (χ4v) is 4.24. The van der Waals surface area contributed by atoms with Crippen molar-refractivity contribution in [1.29, 1.82) is 0 Å². The molecule has 28 heavy (non-hydrogen) atoms. The Morgan fingerprint density at radius 3 is 2.25 bits per heavy atom. The first-order chi connectivity index (χ1) is 13.8. The van der Waals surface area contributed by atoms with Crippen LogP contribution in [0.15, 0.2) is 35.9 Å². The summed E-state index contributed by atoms with van der Waals surface area (Å²) in [5.41, 5.74) is 3.13. The number of unbranched alkanes of at least 4 members (excludes halogenated alkanes) is 7. The van der Waals surface area contributed by atoms with Gasteiger partial charge in [0.15, 0.2) is 0 Å². The van der Waals surface area contributed by atoms with Crippen molar-refractivity contribution < 1.29 is 4.74 Å². The second-order valence-corrected chi connectivity index (χ2v) is 8.76. The van der Waals surface area contributed by atoms with Crippen LogP contribution in [0.4, 0.5) is 0 Å². The van der Waals surface area contributed by atoms with Gasteiger partial charge in [-0.3, -0.25) is 0 Å². The Morgan fingerprint density at radius 1 is 0.821 bits per heavy atom. The zero-order valence-corrected chi connectivity index (χ0v) is 18.7. The molecule has 0 fully saturated rings. The molecule has 0 N–H and O–H groups in total. The van der Waals surface area contributed by atoms with Gasteiger partial charge in [-0.2, -0.15) is 0 Å². The SMILES string of the molecule is CCCCCCCCC1CC=C(CCc2ccc(OCCCCC)cc2)CC1. The third-order valence-corrected chi connectivity index (χ3v) is 6.25.